The highest BCUT2D eigenvalue weighted by molar-refractivity contribution is 7.83. The molecule has 1 aromatic heterocycles. The Kier molecular flexibility index (Phi) is 11.8. The van der Waals surface area contributed by atoms with E-state index >= 15 is 0 Å². The van der Waals surface area contributed by atoms with Crippen LogP contribution < -0.4 is 16.3 Å². The number of ether oxygens (including phenoxy) is 1. The summed E-state index contributed by atoms with van der Waals surface area (Å²) in [6, 6.07) is 12.6. The van der Waals surface area contributed by atoms with Crippen LogP contribution in [-0.2, 0) is 15.7 Å². The zero-order chi connectivity index (χ0) is 32.6. The number of allylic oxidation sites excluding steroid dienone is 2. The number of aromatic amines is 1. The summed E-state index contributed by atoms with van der Waals surface area (Å²) in [6.07, 6.45) is 11.6. The van der Waals surface area contributed by atoms with Gasteiger partial charge in [0.1, 0.15) is 22.5 Å². The summed E-state index contributed by atoms with van der Waals surface area (Å²) in [5.74, 6) is 6.65. The van der Waals surface area contributed by atoms with Crippen molar-refractivity contribution >= 4 is 33.6 Å². The quantitative estimate of drug-likeness (QED) is 0.0919. The van der Waals surface area contributed by atoms with Gasteiger partial charge in [0.15, 0.2) is 5.70 Å². The van der Waals surface area contributed by atoms with Crippen molar-refractivity contribution in [2.24, 2.45) is 17.7 Å². The molecule has 0 radical (unpaired) electrons. The summed E-state index contributed by atoms with van der Waals surface area (Å²) >= 11 is 0. The number of halogens is 1. The van der Waals surface area contributed by atoms with Crippen LogP contribution in [-0.4, -0.2) is 64.4 Å². The average Bonchev–Trinajstić information content (AvgIpc) is 3.43. The van der Waals surface area contributed by atoms with Crippen LogP contribution in [0.4, 0.5) is 4.39 Å². The fraction of sp³-hybridized carbons (Fsp3) is 0.457. The number of H-pyrrole nitrogens is 1. The molecular formula is C35H48FN6O3S+. The molecule has 1 aliphatic carbocycles. The number of likely N-dealkylation sites (tertiary alicyclic amines) is 1. The first-order valence-corrected chi connectivity index (χ1v) is 17.5. The van der Waals surface area contributed by atoms with Crippen LogP contribution in [0.25, 0.3) is 16.6 Å². The van der Waals surface area contributed by atoms with E-state index in [1.165, 1.54) is 24.1 Å². The van der Waals surface area contributed by atoms with E-state index in [4.69, 9.17) is 10.6 Å². The summed E-state index contributed by atoms with van der Waals surface area (Å²) in [4.78, 5) is 19.2. The van der Waals surface area contributed by atoms with E-state index in [0.717, 1.165) is 50.2 Å². The van der Waals surface area contributed by atoms with Crippen molar-refractivity contribution in [2.75, 3.05) is 39.3 Å². The number of fused-ring (bicyclic) bond motifs is 1. The molecule has 2 aromatic carbocycles. The third-order valence-corrected chi connectivity index (χ3v) is 9.99. The minimum Gasteiger partial charge on any atom is -0.461 e. The summed E-state index contributed by atoms with van der Waals surface area (Å²) < 4.78 is 35.7. The van der Waals surface area contributed by atoms with Gasteiger partial charge in [0, 0.05) is 30.5 Å². The number of nitrogens with one attached hydrogen (secondary N) is 2. The highest BCUT2D eigenvalue weighted by Gasteiger charge is 2.25. The van der Waals surface area contributed by atoms with Gasteiger partial charge in [-0.1, -0.05) is 38.1 Å². The van der Waals surface area contributed by atoms with Crippen LogP contribution in [0.3, 0.4) is 0 Å². The van der Waals surface area contributed by atoms with Gasteiger partial charge in [-0.15, -0.1) is 0 Å². The Labute approximate surface area is 273 Å². The first-order valence-electron chi connectivity index (χ1n) is 16.3. The fourth-order valence-corrected chi connectivity index (χ4v) is 7.14. The summed E-state index contributed by atoms with van der Waals surface area (Å²) in [5, 5.41) is 2.17. The molecule has 248 valence electrons. The van der Waals surface area contributed by atoms with Gasteiger partial charge in [-0.25, -0.2) is 24.0 Å². The Morgan fingerprint density at radius 2 is 1.96 bits per heavy atom. The smallest absolute Gasteiger partial charge is 0.355 e. The number of quaternary nitrogens is 1. The number of benzene rings is 2. The molecule has 0 saturated carbocycles. The van der Waals surface area contributed by atoms with Gasteiger partial charge in [-0.05, 0) is 98.8 Å². The molecule has 46 heavy (non-hydrogen) atoms. The van der Waals surface area contributed by atoms with Crippen molar-refractivity contribution in [2.45, 2.75) is 56.8 Å². The molecule has 1 saturated heterocycles. The Balaban J connectivity index is 1.09. The van der Waals surface area contributed by atoms with Crippen LogP contribution in [0, 0.1) is 17.7 Å². The molecule has 1 fully saturated rings. The lowest BCUT2D eigenvalue weighted by Gasteiger charge is -2.33. The van der Waals surface area contributed by atoms with Gasteiger partial charge in [0.25, 0.3) is 0 Å². The molecule has 2 heterocycles. The summed E-state index contributed by atoms with van der Waals surface area (Å²) in [5.41, 5.74) is 7.38. The molecule has 1 aliphatic heterocycles. The van der Waals surface area contributed by atoms with E-state index in [0.29, 0.717) is 47.1 Å². The van der Waals surface area contributed by atoms with E-state index in [-0.39, 0.29) is 18.2 Å². The number of hydrogen-bond donors (Lipinski definition) is 4. The van der Waals surface area contributed by atoms with Gasteiger partial charge in [0.05, 0.1) is 23.3 Å². The highest BCUT2D eigenvalue weighted by atomic mass is 32.2. The van der Waals surface area contributed by atoms with Gasteiger partial charge >= 0.3 is 5.97 Å². The largest absolute Gasteiger partial charge is 0.461 e. The Morgan fingerprint density at radius 3 is 2.65 bits per heavy atom. The topological polar surface area (TPSA) is 131 Å². The van der Waals surface area contributed by atoms with E-state index in [1.807, 2.05) is 26.0 Å². The lowest BCUT2D eigenvalue weighted by atomic mass is 9.88. The third kappa shape index (κ3) is 8.92. The maximum absolute atomic E-state index is 14.2. The van der Waals surface area contributed by atoms with Crippen molar-refractivity contribution in [1.82, 2.24) is 19.6 Å². The number of hydrogen-bond acceptors (Lipinski definition) is 6. The minimum absolute atomic E-state index is 0.182. The minimum atomic E-state index is -1.23. The second-order valence-corrected chi connectivity index (χ2v) is 14.2. The maximum atomic E-state index is 14.2. The van der Waals surface area contributed by atoms with Crippen molar-refractivity contribution in [3.05, 3.63) is 83.5 Å². The first-order chi connectivity index (χ1) is 22.2. The van der Waals surface area contributed by atoms with Crippen LogP contribution in [0.2, 0.25) is 0 Å². The van der Waals surface area contributed by atoms with Crippen LogP contribution >= 0.6 is 0 Å². The van der Waals surface area contributed by atoms with E-state index < -0.39 is 22.8 Å². The van der Waals surface area contributed by atoms with E-state index in [9.17, 15) is 13.4 Å². The molecule has 0 bridgehead atoms. The monoisotopic (exact) mass is 651 g/mol. The molecular weight excluding hydrogens is 603 g/mol. The number of hydrazine groups is 1. The van der Waals surface area contributed by atoms with Crippen molar-refractivity contribution in [1.29, 1.82) is 0 Å². The Morgan fingerprint density at radius 1 is 1.20 bits per heavy atom. The third-order valence-electron chi connectivity index (χ3n) is 8.83. The normalized spacial score (nSPS) is 18.7. The van der Waals surface area contributed by atoms with Crippen molar-refractivity contribution < 1.29 is 23.9 Å². The summed E-state index contributed by atoms with van der Waals surface area (Å²) in [6.45, 7) is 8.19. The standard InChI is InChI=1S/C35H47FN6O3S/c1-24(2)23-45-35(43)34-33(30-20-28(36)10-13-32(30)40-34)31(37)22-42(38)21-25-14-17-41(18-15-25)19-16-39-46(44)29-11-8-27(9-12-29)26-6-4-3-5-7-26/h3-4,8-13,20,22,24-26,39-40H,5-7,14-19,21,23,37-38H2,1-2H3/p+1/b31-22-. The lowest BCUT2D eigenvalue weighted by molar-refractivity contribution is -0.245. The second-order valence-electron chi connectivity index (χ2n) is 12.9. The first kappa shape index (κ1) is 34.0. The number of nitrogens with zero attached hydrogens (tertiary/aromatic N) is 2. The zero-order valence-electron chi connectivity index (χ0n) is 27.0. The fourth-order valence-electron chi connectivity index (χ4n) is 6.31. The molecule has 9 nitrogen and oxygen atoms in total. The predicted octanol–water partition coefficient (Wildman–Crippen LogP) is 4.68. The maximum Gasteiger partial charge on any atom is 0.355 e. The van der Waals surface area contributed by atoms with E-state index in [1.54, 1.807) is 17.3 Å². The number of esters is 1. The molecule has 7 N–H and O–H groups in total. The van der Waals surface area contributed by atoms with Crippen LogP contribution in [0.1, 0.15) is 73.5 Å². The van der Waals surface area contributed by atoms with Gasteiger partial charge in [-0.2, -0.15) is 0 Å². The number of aromatic nitrogens is 1. The molecule has 2 unspecified atom stereocenters. The average molecular weight is 652 g/mol. The number of carbonyl (C=O) groups is 1. The number of piperidine rings is 1. The van der Waals surface area contributed by atoms with Gasteiger partial charge in [-0.3, -0.25) is 0 Å². The predicted molar refractivity (Wildman–Crippen MR) is 181 cm³/mol. The lowest BCUT2D eigenvalue weighted by Crippen LogP contribution is -2.48. The molecule has 11 heteroatoms. The molecule has 5 rings (SSSR count). The van der Waals surface area contributed by atoms with Crippen LogP contribution in [0.5, 0.6) is 0 Å². The molecule has 0 amide bonds. The summed E-state index contributed by atoms with van der Waals surface area (Å²) in [7, 11) is -1.23. The molecule has 2 aliphatic rings. The Bertz CT molecular complexity index is 1560. The Hall–Kier alpha value is -3.35. The number of nitrogens with two attached hydrogens (primary N) is 1. The number of rotatable bonds is 13. The molecule has 3 aromatic rings. The SMILES string of the molecule is CC(C)COC(=O)c1[nH]c2ccc(F)cc2c1/C([NH3+])=C/N(N)CC1CCN(CCNS(=O)c2ccc(C3CC=CCC3)cc2)CC1. The van der Waals surface area contributed by atoms with Crippen molar-refractivity contribution in [3.8, 4) is 0 Å². The van der Waals surface area contributed by atoms with Crippen LogP contribution in [0.15, 0.2) is 65.7 Å². The second kappa shape index (κ2) is 16.0. The number of carbonyl (C=O) groups excluding carboxylic acids is 1. The molecule has 0 spiro atoms. The van der Waals surface area contributed by atoms with Gasteiger partial charge in [0.2, 0.25) is 0 Å². The molecule has 2 atom stereocenters. The van der Waals surface area contributed by atoms with Gasteiger partial charge < -0.3 is 25.4 Å². The zero-order valence-corrected chi connectivity index (χ0v) is 27.8. The van der Waals surface area contributed by atoms with Crippen molar-refractivity contribution in [3.63, 3.8) is 0 Å². The highest BCUT2D eigenvalue weighted by Crippen LogP contribution is 2.30. The van der Waals surface area contributed by atoms with E-state index in [2.05, 4.69) is 44.6 Å².